The molecular weight excluding hydrogens is 402 g/mol. The van der Waals surface area contributed by atoms with Crippen LogP contribution in [0.5, 0.6) is 0 Å². The van der Waals surface area contributed by atoms with Crippen molar-refractivity contribution in [1.82, 2.24) is 24.3 Å². The summed E-state index contributed by atoms with van der Waals surface area (Å²) in [4.78, 5) is 11.6. The second kappa shape index (κ2) is 7.11. The molecule has 2 aliphatic heterocycles. The second-order valence-corrected chi connectivity index (χ2v) is 10.6. The van der Waals surface area contributed by atoms with Gasteiger partial charge in [0, 0.05) is 44.0 Å². The molecule has 1 aromatic carbocycles. The van der Waals surface area contributed by atoms with Crippen molar-refractivity contribution in [2.24, 2.45) is 5.92 Å². The molecule has 0 N–H and O–H groups in total. The molecule has 8 nitrogen and oxygen atoms in total. The number of pyridine rings is 1. The SMILES string of the molecule is CCS(=O)(=O)N1CC2CN(Cc3ccc4ccccc4n3)CC2(c2nc(C)no2)C1. The summed E-state index contributed by atoms with van der Waals surface area (Å²) in [6, 6.07) is 12.2. The first-order valence-corrected chi connectivity index (χ1v) is 11.9. The summed E-state index contributed by atoms with van der Waals surface area (Å²) in [6.45, 7) is 6.49. The van der Waals surface area contributed by atoms with Crippen LogP contribution < -0.4 is 0 Å². The van der Waals surface area contributed by atoms with E-state index >= 15 is 0 Å². The van der Waals surface area contributed by atoms with Gasteiger partial charge in [-0.3, -0.25) is 9.88 Å². The third-order valence-electron chi connectivity index (χ3n) is 6.40. The van der Waals surface area contributed by atoms with E-state index in [-0.39, 0.29) is 11.7 Å². The van der Waals surface area contributed by atoms with E-state index in [1.54, 1.807) is 18.2 Å². The van der Waals surface area contributed by atoms with Gasteiger partial charge in [-0.25, -0.2) is 12.7 Å². The number of aromatic nitrogens is 3. The Morgan fingerprint density at radius 3 is 2.73 bits per heavy atom. The Morgan fingerprint density at radius 1 is 1.13 bits per heavy atom. The maximum absolute atomic E-state index is 12.5. The lowest BCUT2D eigenvalue weighted by molar-refractivity contribution is 0.243. The van der Waals surface area contributed by atoms with Crippen LogP contribution in [0.1, 0.15) is 24.3 Å². The van der Waals surface area contributed by atoms with E-state index in [9.17, 15) is 8.42 Å². The quantitative estimate of drug-likeness (QED) is 0.614. The van der Waals surface area contributed by atoms with E-state index in [4.69, 9.17) is 9.51 Å². The van der Waals surface area contributed by atoms with Crippen molar-refractivity contribution in [2.45, 2.75) is 25.8 Å². The Bertz CT molecular complexity index is 1190. The van der Waals surface area contributed by atoms with Gasteiger partial charge in [-0.1, -0.05) is 29.4 Å². The molecule has 2 aromatic heterocycles. The minimum atomic E-state index is -3.27. The topological polar surface area (TPSA) is 92.4 Å². The van der Waals surface area contributed by atoms with Crippen molar-refractivity contribution in [3.8, 4) is 0 Å². The number of hydrogen-bond acceptors (Lipinski definition) is 7. The highest BCUT2D eigenvalue weighted by molar-refractivity contribution is 7.89. The van der Waals surface area contributed by atoms with Gasteiger partial charge in [-0.05, 0) is 26.0 Å². The first-order chi connectivity index (χ1) is 14.4. The Labute approximate surface area is 175 Å². The van der Waals surface area contributed by atoms with Crippen LogP contribution in [0.4, 0.5) is 0 Å². The molecule has 0 amide bonds. The number of rotatable bonds is 5. The molecule has 0 saturated carbocycles. The van der Waals surface area contributed by atoms with Gasteiger partial charge in [-0.15, -0.1) is 0 Å². The predicted molar refractivity (Wildman–Crippen MR) is 112 cm³/mol. The Balaban J connectivity index is 1.43. The normalized spacial score (nSPS) is 25.2. The van der Waals surface area contributed by atoms with Crippen LogP contribution in [-0.4, -0.2) is 64.7 Å². The van der Waals surface area contributed by atoms with Crippen molar-refractivity contribution in [1.29, 1.82) is 0 Å². The molecule has 4 heterocycles. The lowest BCUT2D eigenvalue weighted by Gasteiger charge is -2.25. The van der Waals surface area contributed by atoms with Crippen LogP contribution in [-0.2, 0) is 22.0 Å². The van der Waals surface area contributed by atoms with E-state index in [0.29, 0.717) is 37.9 Å². The maximum atomic E-state index is 12.5. The standard InChI is InChI=1S/C21H25N5O3S/c1-3-30(27,28)26-11-17-10-25(13-21(17,14-26)20-22-15(2)24-29-20)12-18-9-8-16-6-4-5-7-19(16)23-18/h4-9,17H,3,10-14H2,1-2H3. The number of hydrogen-bond donors (Lipinski definition) is 0. The summed E-state index contributed by atoms with van der Waals surface area (Å²) in [6.07, 6.45) is 0. The number of benzene rings is 1. The Morgan fingerprint density at radius 2 is 1.97 bits per heavy atom. The first-order valence-electron chi connectivity index (χ1n) is 10.3. The average Bonchev–Trinajstić information content (AvgIpc) is 3.41. The average molecular weight is 428 g/mol. The monoisotopic (exact) mass is 427 g/mol. The third-order valence-corrected chi connectivity index (χ3v) is 8.20. The fourth-order valence-corrected chi connectivity index (χ4v) is 6.06. The van der Waals surface area contributed by atoms with Crippen LogP contribution in [0.25, 0.3) is 10.9 Å². The molecule has 2 saturated heterocycles. The van der Waals surface area contributed by atoms with Gasteiger partial charge in [0.1, 0.15) is 0 Å². The zero-order valence-corrected chi connectivity index (χ0v) is 18.0. The van der Waals surface area contributed by atoms with Crippen molar-refractivity contribution in [2.75, 3.05) is 31.9 Å². The van der Waals surface area contributed by atoms with Gasteiger partial charge in [0.25, 0.3) is 0 Å². The molecule has 2 fully saturated rings. The number of fused-ring (bicyclic) bond motifs is 2. The smallest absolute Gasteiger partial charge is 0.235 e. The maximum Gasteiger partial charge on any atom is 0.235 e. The van der Waals surface area contributed by atoms with Crippen molar-refractivity contribution >= 4 is 20.9 Å². The van der Waals surface area contributed by atoms with Gasteiger partial charge in [0.15, 0.2) is 5.82 Å². The van der Waals surface area contributed by atoms with Gasteiger partial charge in [0.05, 0.1) is 22.4 Å². The summed E-state index contributed by atoms with van der Waals surface area (Å²) in [5, 5.41) is 5.10. The molecule has 5 rings (SSSR count). The molecule has 0 spiro atoms. The number of likely N-dealkylation sites (tertiary alicyclic amines) is 1. The van der Waals surface area contributed by atoms with Crippen molar-refractivity contribution in [3.05, 3.63) is 53.8 Å². The van der Waals surface area contributed by atoms with E-state index in [1.807, 2.05) is 18.2 Å². The molecule has 2 atom stereocenters. The first kappa shape index (κ1) is 19.6. The van der Waals surface area contributed by atoms with Gasteiger partial charge >= 0.3 is 0 Å². The molecule has 2 unspecified atom stereocenters. The van der Waals surface area contributed by atoms with Crippen LogP contribution in [0, 0.1) is 12.8 Å². The molecule has 2 aliphatic rings. The molecule has 0 bridgehead atoms. The highest BCUT2D eigenvalue weighted by Gasteiger charge is 2.58. The van der Waals surface area contributed by atoms with Crippen LogP contribution in [0.3, 0.4) is 0 Å². The summed E-state index contributed by atoms with van der Waals surface area (Å²) < 4.78 is 32.3. The Kier molecular flexibility index (Phi) is 4.64. The highest BCUT2D eigenvalue weighted by atomic mass is 32.2. The van der Waals surface area contributed by atoms with E-state index in [2.05, 4.69) is 33.2 Å². The molecule has 158 valence electrons. The molecular formula is C21H25N5O3S. The third kappa shape index (κ3) is 3.21. The van der Waals surface area contributed by atoms with Crippen molar-refractivity contribution in [3.63, 3.8) is 0 Å². The fourth-order valence-electron chi connectivity index (χ4n) is 4.87. The summed E-state index contributed by atoms with van der Waals surface area (Å²) >= 11 is 0. The highest BCUT2D eigenvalue weighted by Crippen LogP contribution is 2.45. The minimum Gasteiger partial charge on any atom is -0.339 e. The van der Waals surface area contributed by atoms with Crippen LogP contribution >= 0.6 is 0 Å². The van der Waals surface area contributed by atoms with E-state index < -0.39 is 15.4 Å². The number of nitrogens with zero attached hydrogens (tertiary/aromatic N) is 5. The molecule has 3 aromatic rings. The molecule has 0 radical (unpaired) electrons. The minimum absolute atomic E-state index is 0.101. The van der Waals surface area contributed by atoms with Crippen LogP contribution in [0.15, 0.2) is 40.9 Å². The zero-order valence-electron chi connectivity index (χ0n) is 17.2. The predicted octanol–water partition coefficient (Wildman–Crippen LogP) is 1.96. The lowest BCUT2D eigenvalue weighted by Crippen LogP contribution is -2.40. The van der Waals surface area contributed by atoms with Gasteiger partial charge < -0.3 is 4.52 Å². The van der Waals surface area contributed by atoms with Crippen molar-refractivity contribution < 1.29 is 12.9 Å². The zero-order chi connectivity index (χ0) is 20.9. The number of aryl methyl sites for hydroxylation is 1. The molecule has 30 heavy (non-hydrogen) atoms. The van der Waals surface area contributed by atoms with E-state index in [1.165, 1.54) is 0 Å². The van der Waals surface area contributed by atoms with E-state index in [0.717, 1.165) is 23.1 Å². The van der Waals surface area contributed by atoms with Gasteiger partial charge in [0.2, 0.25) is 15.9 Å². The summed E-state index contributed by atoms with van der Waals surface area (Å²) in [5.74, 6) is 1.33. The molecule has 0 aliphatic carbocycles. The van der Waals surface area contributed by atoms with Gasteiger partial charge in [-0.2, -0.15) is 4.98 Å². The fraction of sp³-hybridized carbons (Fsp3) is 0.476. The lowest BCUT2D eigenvalue weighted by atomic mass is 9.81. The number of para-hydroxylation sites is 1. The summed E-state index contributed by atoms with van der Waals surface area (Å²) in [5.41, 5.74) is 1.51. The van der Waals surface area contributed by atoms with Crippen LogP contribution in [0.2, 0.25) is 0 Å². The Hall–Kier alpha value is -2.36. The second-order valence-electron chi connectivity index (χ2n) is 8.36. The number of sulfonamides is 1. The molecule has 9 heteroatoms. The summed E-state index contributed by atoms with van der Waals surface area (Å²) in [7, 11) is -3.27. The largest absolute Gasteiger partial charge is 0.339 e.